The summed E-state index contributed by atoms with van der Waals surface area (Å²) in [6.07, 6.45) is 1.20. The molecule has 0 fully saturated rings. The van der Waals surface area contributed by atoms with E-state index in [4.69, 9.17) is 11.6 Å². The number of halogens is 1. The number of hydrogen-bond acceptors (Lipinski definition) is 4. The summed E-state index contributed by atoms with van der Waals surface area (Å²) in [4.78, 5) is 2.52. The zero-order valence-corrected chi connectivity index (χ0v) is 14.1. The van der Waals surface area contributed by atoms with Gasteiger partial charge in [-0.25, -0.2) is 8.42 Å². The Balaban J connectivity index is 2.69. The molecule has 0 aliphatic carbocycles. The second-order valence-corrected chi connectivity index (χ2v) is 7.63. The minimum atomic E-state index is -3.26. The minimum Gasteiger partial charge on any atom is -0.311 e. The van der Waals surface area contributed by atoms with E-state index in [9.17, 15) is 8.42 Å². The van der Waals surface area contributed by atoms with Gasteiger partial charge < -0.3 is 10.2 Å². The summed E-state index contributed by atoms with van der Waals surface area (Å²) in [5.74, 6) is 0. The number of rotatable bonds is 7. The standard InChI is InChI=1S/C14H23ClN2O2S/c1-11(2)17(3)9-8-16-10-12-13(15)6-5-7-14(12)20(4,18)19/h5-7,11,16H,8-10H2,1-4H3. The molecule has 0 atom stereocenters. The zero-order valence-electron chi connectivity index (χ0n) is 12.5. The molecule has 1 aromatic carbocycles. The number of likely N-dealkylation sites (N-methyl/N-ethyl adjacent to an activating group) is 1. The van der Waals surface area contributed by atoms with Crippen molar-refractivity contribution in [1.29, 1.82) is 0 Å². The predicted molar refractivity (Wildman–Crippen MR) is 84.0 cm³/mol. The predicted octanol–water partition coefficient (Wildman–Crippen LogP) is 2.17. The third-order valence-electron chi connectivity index (χ3n) is 3.30. The SMILES string of the molecule is CC(C)N(C)CCNCc1c(Cl)cccc1S(C)(=O)=O. The van der Waals surface area contributed by atoms with E-state index in [1.807, 2.05) is 0 Å². The van der Waals surface area contributed by atoms with Crippen LogP contribution in [0.2, 0.25) is 5.02 Å². The summed E-state index contributed by atoms with van der Waals surface area (Å²) in [5.41, 5.74) is 0.642. The van der Waals surface area contributed by atoms with E-state index in [2.05, 4.69) is 31.1 Å². The third-order valence-corrected chi connectivity index (χ3v) is 4.84. The van der Waals surface area contributed by atoms with Crippen molar-refractivity contribution in [3.8, 4) is 0 Å². The third kappa shape index (κ3) is 5.05. The molecule has 1 N–H and O–H groups in total. The fraction of sp³-hybridized carbons (Fsp3) is 0.571. The summed E-state index contributed by atoms with van der Waals surface area (Å²) < 4.78 is 23.5. The molecule has 1 aromatic rings. The van der Waals surface area contributed by atoms with Crippen molar-refractivity contribution in [1.82, 2.24) is 10.2 Å². The molecular formula is C14H23ClN2O2S. The summed E-state index contributed by atoms with van der Waals surface area (Å²) in [6.45, 7) is 6.40. The van der Waals surface area contributed by atoms with Crippen LogP contribution >= 0.6 is 11.6 Å². The Morgan fingerprint density at radius 2 is 2.00 bits per heavy atom. The van der Waals surface area contributed by atoms with Crippen molar-refractivity contribution >= 4 is 21.4 Å². The van der Waals surface area contributed by atoms with E-state index < -0.39 is 9.84 Å². The van der Waals surface area contributed by atoms with Gasteiger partial charge in [0.15, 0.2) is 9.84 Å². The summed E-state index contributed by atoms with van der Waals surface area (Å²) in [5, 5.41) is 3.73. The molecule has 114 valence electrons. The highest BCUT2D eigenvalue weighted by Crippen LogP contribution is 2.23. The molecule has 0 bridgehead atoms. The first-order chi connectivity index (χ1) is 9.23. The summed E-state index contributed by atoms with van der Waals surface area (Å²) >= 11 is 6.11. The quantitative estimate of drug-likeness (QED) is 0.783. The molecule has 0 saturated carbocycles. The van der Waals surface area contributed by atoms with Crippen LogP contribution < -0.4 is 5.32 Å². The average molecular weight is 319 g/mol. The van der Waals surface area contributed by atoms with Crippen LogP contribution in [-0.4, -0.2) is 45.8 Å². The molecule has 0 saturated heterocycles. The van der Waals surface area contributed by atoms with Crippen molar-refractivity contribution in [3.05, 3.63) is 28.8 Å². The van der Waals surface area contributed by atoms with E-state index in [1.54, 1.807) is 18.2 Å². The lowest BCUT2D eigenvalue weighted by Crippen LogP contribution is -2.33. The Kier molecular flexibility index (Phi) is 6.45. The number of hydrogen-bond donors (Lipinski definition) is 1. The van der Waals surface area contributed by atoms with Gasteiger partial charge in [0.1, 0.15) is 0 Å². The molecule has 0 radical (unpaired) electrons. The molecule has 0 unspecified atom stereocenters. The Labute approximate surface area is 127 Å². The lowest BCUT2D eigenvalue weighted by Gasteiger charge is -2.21. The summed E-state index contributed by atoms with van der Waals surface area (Å²) in [7, 11) is -1.20. The number of sulfone groups is 1. The largest absolute Gasteiger partial charge is 0.311 e. The number of nitrogens with one attached hydrogen (secondary N) is 1. The van der Waals surface area contributed by atoms with Gasteiger partial charge in [0, 0.05) is 42.5 Å². The van der Waals surface area contributed by atoms with Crippen molar-refractivity contribution in [2.45, 2.75) is 31.3 Å². The van der Waals surface area contributed by atoms with Crippen molar-refractivity contribution in [2.24, 2.45) is 0 Å². The van der Waals surface area contributed by atoms with Gasteiger partial charge in [0.05, 0.1) is 4.90 Å². The highest BCUT2D eigenvalue weighted by Gasteiger charge is 2.15. The smallest absolute Gasteiger partial charge is 0.175 e. The van der Waals surface area contributed by atoms with E-state index >= 15 is 0 Å². The second-order valence-electron chi connectivity index (χ2n) is 5.24. The Hall–Kier alpha value is -0.620. The van der Waals surface area contributed by atoms with Crippen LogP contribution in [0.25, 0.3) is 0 Å². The highest BCUT2D eigenvalue weighted by atomic mass is 35.5. The number of benzene rings is 1. The molecule has 1 rings (SSSR count). The first-order valence-corrected chi connectivity index (χ1v) is 8.89. The molecule has 0 spiro atoms. The molecule has 0 aliphatic rings. The van der Waals surface area contributed by atoms with Crippen molar-refractivity contribution in [3.63, 3.8) is 0 Å². The molecular weight excluding hydrogens is 296 g/mol. The van der Waals surface area contributed by atoms with Gasteiger partial charge in [0.25, 0.3) is 0 Å². The average Bonchev–Trinajstić information content (AvgIpc) is 2.34. The molecule has 0 aliphatic heterocycles. The maximum Gasteiger partial charge on any atom is 0.175 e. The van der Waals surface area contributed by atoms with Crippen LogP contribution in [0.15, 0.2) is 23.1 Å². The molecule has 4 nitrogen and oxygen atoms in total. The first kappa shape index (κ1) is 17.4. The molecule has 6 heteroatoms. The van der Waals surface area contributed by atoms with Gasteiger partial charge in [-0.1, -0.05) is 17.7 Å². The Bertz CT molecular complexity index is 544. The normalized spacial score (nSPS) is 12.3. The Morgan fingerprint density at radius 1 is 1.35 bits per heavy atom. The van der Waals surface area contributed by atoms with Crippen LogP contribution in [0.3, 0.4) is 0 Å². The first-order valence-electron chi connectivity index (χ1n) is 6.62. The fourth-order valence-corrected chi connectivity index (χ4v) is 3.04. The van der Waals surface area contributed by atoms with E-state index in [0.29, 0.717) is 28.1 Å². The van der Waals surface area contributed by atoms with E-state index in [-0.39, 0.29) is 0 Å². The van der Waals surface area contributed by atoms with Crippen LogP contribution in [0, 0.1) is 0 Å². The molecule has 20 heavy (non-hydrogen) atoms. The van der Waals surface area contributed by atoms with Gasteiger partial charge in [-0.05, 0) is 33.0 Å². The van der Waals surface area contributed by atoms with Crippen LogP contribution in [0.4, 0.5) is 0 Å². The van der Waals surface area contributed by atoms with Crippen LogP contribution in [0.5, 0.6) is 0 Å². The monoisotopic (exact) mass is 318 g/mol. The van der Waals surface area contributed by atoms with E-state index in [0.717, 1.165) is 13.1 Å². The van der Waals surface area contributed by atoms with Crippen molar-refractivity contribution < 1.29 is 8.42 Å². The van der Waals surface area contributed by atoms with Crippen LogP contribution in [-0.2, 0) is 16.4 Å². The lowest BCUT2D eigenvalue weighted by atomic mass is 10.2. The van der Waals surface area contributed by atoms with Crippen LogP contribution in [0.1, 0.15) is 19.4 Å². The van der Waals surface area contributed by atoms with Gasteiger partial charge in [-0.15, -0.1) is 0 Å². The molecule has 0 heterocycles. The zero-order chi connectivity index (χ0) is 15.3. The number of nitrogens with zero attached hydrogens (tertiary/aromatic N) is 1. The Morgan fingerprint density at radius 3 is 2.55 bits per heavy atom. The van der Waals surface area contributed by atoms with E-state index in [1.165, 1.54) is 6.26 Å². The van der Waals surface area contributed by atoms with Gasteiger partial charge in [-0.3, -0.25) is 0 Å². The maximum atomic E-state index is 11.7. The summed E-state index contributed by atoms with van der Waals surface area (Å²) in [6, 6.07) is 5.46. The van der Waals surface area contributed by atoms with Gasteiger partial charge >= 0.3 is 0 Å². The maximum absolute atomic E-state index is 11.7. The van der Waals surface area contributed by atoms with Crippen molar-refractivity contribution in [2.75, 3.05) is 26.4 Å². The van der Waals surface area contributed by atoms with Gasteiger partial charge in [-0.2, -0.15) is 0 Å². The highest BCUT2D eigenvalue weighted by molar-refractivity contribution is 7.90. The van der Waals surface area contributed by atoms with Gasteiger partial charge in [0.2, 0.25) is 0 Å². The fourth-order valence-electron chi connectivity index (χ4n) is 1.78. The second kappa shape index (κ2) is 7.41. The molecule has 0 amide bonds. The lowest BCUT2D eigenvalue weighted by molar-refractivity contribution is 0.273. The minimum absolute atomic E-state index is 0.301. The topological polar surface area (TPSA) is 49.4 Å². The molecule has 0 aromatic heterocycles.